The summed E-state index contributed by atoms with van der Waals surface area (Å²) in [6, 6.07) is 0. The van der Waals surface area contributed by atoms with Crippen LogP contribution in [0.2, 0.25) is 0 Å². The molecule has 0 spiro atoms. The van der Waals surface area contributed by atoms with Crippen LogP contribution in [0.1, 0.15) is 46.5 Å². The molecule has 1 heteroatoms. The van der Waals surface area contributed by atoms with Gasteiger partial charge in [0.1, 0.15) is 0 Å². The molecule has 0 amide bonds. The van der Waals surface area contributed by atoms with Gasteiger partial charge in [-0.05, 0) is 12.8 Å². The van der Waals surface area contributed by atoms with Crippen molar-refractivity contribution in [3.8, 4) is 0 Å². The van der Waals surface area contributed by atoms with Gasteiger partial charge in [0.05, 0.1) is 27.7 Å². The normalized spacial score (nSPS) is 10.5. The average molecular weight is 174 g/mol. The highest BCUT2D eigenvalue weighted by Gasteiger charge is 2.04. The second-order valence-corrected chi connectivity index (χ2v) is 4.07. The molecule has 0 aliphatic heterocycles. The van der Waals surface area contributed by atoms with E-state index in [4.69, 9.17) is 0 Å². The molecule has 0 rings (SSSR count). The van der Waals surface area contributed by atoms with Crippen molar-refractivity contribution in [2.24, 2.45) is 0 Å². The molecule has 0 aromatic rings. The van der Waals surface area contributed by atoms with E-state index in [1.807, 2.05) is 13.8 Å². The molecule has 0 radical (unpaired) electrons. The molecule has 0 unspecified atom stereocenters. The lowest BCUT2D eigenvalue weighted by Crippen LogP contribution is -2.35. The van der Waals surface area contributed by atoms with Gasteiger partial charge in [0.15, 0.2) is 0 Å². The largest absolute Gasteiger partial charge is 0.331 e. The Hall–Kier alpha value is -0.0400. The van der Waals surface area contributed by atoms with Gasteiger partial charge in [0, 0.05) is 0 Å². The number of hydrogen-bond acceptors (Lipinski definition) is 0. The molecule has 0 fully saturated rings. The maximum atomic E-state index is 2.26. The predicted molar refractivity (Wildman–Crippen MR) is 58.4 cm³/mol. The Morgan fingerprint density at radius 3 is 1.67 bits per heavy atom. The molecule has 0 N–H and O–H groups in total. The lowest BCUT2D eigenvalue weighted by Gasteiger charge is -2.23. The van der Waals surface area contributed by atoms with Gasteiger partial charge in [-0.1, -0.05) is 33.6 Å². The van der Waals surface area contributed by atoms with Gasteiger partial charge >= 0.3 is 0 Å². The molecule has 0 aliphatic rings. The Kier molecular flexibility index (Phi) is 10.9. The van der Waals surface area contributed by atoms with Crippen molar-refractivity contribution in [2.45, 2.75) is 46.5 Å². The summed E-state index contributed by atoms with van der Waals surface area (Å²) < 4.78 is 1.11. The molecule has 1 nitrogen and oxygen atoms in total. The standard InChI is InChI=1S/C9H22N.C2H6/c1-5-6-7-8-9-10(2,3)4;1-2/h5-9H2,1-4H3;1-2H3/q+1;. The maximum Gasteiger partial charge on any atom is 0.0780 e. The molecule has 0 aliphatic carbocycles. The van der Waals surface area contributed by atoms with Crippen LogP contribution in [0.3, 0.4) is 0 Å². The monoisotopic (exact) mass is 174 g/mol. The Labute approximate surface area is 79.4 Å². The maximum absolute atomic E-state index is 2.26. The first-order chi connectivity index (χ1) is 5.56. The molecule has 0 bridgehead atoms. The van der Waals surface area contributed by atoms with Crippen LogP contribution in [0.15, 0.2) is 0 Å². The molecule has 12 heavy (non-hydrogen) atoms. The number of hydrogen-bond donors (Lipinski definition) is 0. The molecular weight excluding hydrogens is 146 g/mol. The van der Waals surface area contributed by atoms with Crippen LogP contribution in [0.4, 0.5) is 0 Å². The summed E-state index contributed by atoms with van der Waals surface area (Å²) in [6.07, 6.45) is 5.54. The van der Waals surface area contributed by atoms with Crippen LogP contribution in [0.5, 0.6) is 0 Å². The van der Waals surface area contributed by atoms with E-state index in [9.17, 15) is 0 Å². The van der Waals surface area contributed by atoms with Gasteiger partial charge < -0.3 is 4.48 Å². The number of nitrogens with zero attached hydrogens (tertiary/aromatic N) is 1. The van der Waals surface area contributed by atoms with Gasteiger partial charge in [-0.25, -0.2) is 0 Å². The van der Waals surface area contributed by atoms with E-state index in [0.29, 0.717) is 0 Å². The van der Waals surface area contributed by atoms with Crippen LogP contribution in [-0.2, 0) is 0 Å². The van der Waals surface area contributed by atoms with E-state index in [-0.39, 0.29) is 0 Å². The molecule has 0 saturated carbocycles. The van der Waals surface area contributed by atoms with Gasteiger partial charge in [-0.3, -0.25) is 0 Å². The SMILES string of the molecule is CC.CCCCCC[N+](C)(C)C. The fraction of sp³-hybridized carbons (Fsp3) is 1.00. The Morgan fingerprint density at radius 2 is 1.33 bits per heavy atom. The van der Waals surface area contributed by atoms with E-state index in [1.165, 1.54) is 32.2 Å². The van der Waals surface area contributed by atoms with E-state index < -0.39 is 0 Å². The third kappa shape index (κ3) is 16.5. The second kappa shape index (κ2) is 9.05. The Bertz CT molecular complexity index is 71.6. The van der Waals surface area contributed by atoms with Crippen molar-refractivity contribution < 1.29 is 4.48 Å². The van der Waals surface area contributed by atoms with Gasteiger partial charge in [0.2, 0.25) is 0 Å². The smallest absolute Gasteiger partial charge is 0.0780 e. The summed E-state index contributed by atoms with van der Waals surface area (Å²) in [5, 5.41) is 0. The summed E-state index contributed by atoms with van der Waals surface area (Å²) >= 11 is 0. The average Bonchev–Trinajstić information content (AvgIpc) is 2.01. The zero-order valence-corrected chi connectivity index (χ0v) is 9.98. The molecule has 0 heterocycles. The lowest BCUT2D eigenvalue weighted by atomic mass is 10.2. The Morgan fingerprint density at radius 1 is 0.833 bits per heavy atom. The topological polar surface area (TPSA) is 0 Å². The molecule has 0 aromatic heterocycles. The minimum Gasteiger partial charge on any atom is -0.331 e. The van der Waals surface area contributed by atoms with Gasteiger partial charge in [-0.15, -0.1) is 0 Å². The van der Waals surface area contributed by atoms with Crippen molar-refractivity contribution in [3.05, 3.63) is 0 Å². The summed E-state index contributed by atoms with van der Waals surface area (Å²) in [6.45, 7) is 7.58. The van der Waals surface area contributed by atoms with Crippen molar-refractivity contribution in [2.75, 3.05) is 27.7 Å². The van der Waals surface area contributed by atoms with E-state index >= 15 is 0 Å². The fourth-order valence-electron chi connectivity index (χ4n) is 1.01. The molecular formula is C11H28N+. The van der Waals surface area contributed by atoms with Crippen LogP contribution in [0.25, 0.3) is 0 Å². The van der Waals surface area contributed by atoms with E-state index in [0.717, 1.165) is 4.48 Å². The highest BCUT2D eigenvalue weighted by atomic mass is 15.3. The van der Waals surface area contributed by atoms with Crippen LogP contribution in [0, 0.1) is 0 Å². The Balaban J connectivity index is 0. The van der Waals surface area contributed by atoms with Crippen molar-refractivity contribution >= 4 is 0 Å². The van der Waals surface area contributed by atoms with Crippen LogP contribution < -0.4 is 0 Å². The van der Waals surface area contributed by atoms with Crippen molar-refractivity contribution in [1.82, 2.24) is 0 Å². The summed E-state index contributed by atoms with van der Waals surface area (Å²) in [4.78, 5) is 0. The highest BCUT2D eigenvalue weighted by molar-refractivity contribution is 4.38. The fourth-order valence-corrected chi connectivity index (χ4v) is 1.01. The molecule has 0 atom stereocenters. The molecule has 0 saturated heterocycles. The first-order valence-corrected chi connectivity index (χ1v) is 5.36. The second-order valence-electron chi connectivity index (χ2n) is 4.07. The number of unbranched alkanes of at least 4 members (excludes halogenated alkanes) is 3. The quantitative estimate of drug-likeness (QED) is 0.443. The van der Waals surface area contributed by atoms with Gasteiger partial charge in [-0.2, -0.15) is 0 Å². The van der Waals surface area contributed by atoms with Crippen LogP contribution >= 0.6 is 0 Å². The van der Waals surface area contributed by atoms with Crippen LogP contribution in [-0.4, -0.2) is 32.2 Å². The predicted octanol–water partition coefficient (Wildman–Crippen LogP) is 3.30. The molecule has 76 valence electrons. The first kappa shape index (κ1) is 14.5. The number of quaternary nitrogens is 1. The lowest BCUT2D eigenvalue weighted by molar-refractivity contribution is -0.870. The molecule has 0 aromatic carbocycles. The van der Waals surface area contributed by atoms with E-state index in [2.05, 4.69) is 28.1 Å². The van der Waals surface area contributed by atoms with Gasteiger partial charge in [0.25, 0.3) is 0 Å². The third-order valence-corrected chi connectivity index (χ3v) is 1.68. The number of rotatable bonds is 5. The highest BCUT2D eigenvalue weighted by Crippen LogP contribution is 2.01. The summed E-state index contributed by atoms with van der Waals surface area (Å²) in [5.41, 5.74) is 0. The third-order valence-electron chi connectivity index (χ3n) is 1.68. The minimum atomic E-state index is 1.11. The van der Waals surface area contributed by atoms with E-state index in [1.54, 1.807) is 0 Å². The summed E-state index contributed by atoms with van der Waals surface area (Å²) in [7, 11) is 6.77. The zero-order chi connectivity index (χ0) is 10.0. The first-order valence-electron chi connectivity index (χ1n) is 5.36. The van der Waals surface area contributed by atoms with Crippen molar-refractivity contribution in [1.29, 1.82) is 0 Å². The van der Waals surface area contributed by atoms with Crippen molar-refractivity contribution in [3.63, 3.8) is 0 Å². The zero-order valence-electron chi connectivity index (χ0n) is 9.98. The summed E-state index contributed by atoms with van der Waals surface area (Å²) in [5.74, 6) is 0. The minimum absolute atomic E-state index is 1.11.